The summed E-state index contributed by atoms with van der Waals surface area (Å²) in [5.74, 6) is 3.06. The fraction of sp³-hybridized carbons (Fsp3) is 0.826. The maximum Gasteiger partial charge on any atom is 0.157 e. The van der Waals surface area contributed by atoms with Gasteiger partial charge < -0.3 is 4.90 Å². The molecule has 144 valence electrons. The number of hydrogen-bond acceptors (Lipinski definition) is 3. The molecule has 0 aromatic rings. The summed E-state index contributed by atoms with van der Waals surface area (Å²) < 4.78 is 0. The Morgan fingerprint density at radius 2 is 1.85 bits per heavy atom. The average Bonchev–Trinajstić information content (AvgIpc) is 2.92. The number of carbonyl (C=O) groups is 2. The van der Waals surface area contributed by atoms with Gasteiger partial charge in [-0.3, -0.25) is 9.59 Å². The molecule has 4 aliphatic rings. The third-order valence-electron chi connectivity index (χ3n) is 9.18. The molecule has 0 radical (unpaired) electrons. The molecule has 4 aliphatic carbocycles. The molecule has 7 atom stereocenters. The first-order valence-corrected chi connectivity index (χ1v) is 10.6. The summed E-state index contributed by atoms with van der Waals surface area (Å²) in [6.45, 7) is 6.67. The Hall–Kier alpha value is -0.960. The molecule has 0 aromatic carbocycles. The second kappa shape index (κ2) is 6.02. The number of ketones is 2. The standard InChI is InChI=1S/C23H35NO2/c1-14(25)18-8-9-19-17-7-6-15-12-16(26)13-21(24(4)5)23(15,3)20(17)10-11-22(18,19)2/h12,17-21H,6-11,13H2,1-5H3/t17-,18+,19-,20-,21?,22+,23-/m0/s1. The van der Waals surface area contributed by atoms with Crippen molar-refractivity contribution in [3.8, 4) is 0 Å². The quantitative estimate of drug-likeness (QED) is 0.741. The molecule has 1 unspecified atom stereocenters. The molecule has 3 fully saturated rings. The molecule has 0 bridgehead atoms. The van der Waals surface area contributed by atoms with Crippen LogP contribution < -0.4 is 0 Å². The van der Waals surface area contributed by atoms with Crippen LogP contribution in [-0.2, 0) is 9.59 Å². The monoisotopic (exact) mass is 357 g/mol. The lowest BCUT2D eigenvalue weighted by atomic mass is 9.45. The zero-order chi connectivity index (χ0) is 18.9. The Morgan fingerprint density at radius 3 is 2.50 bits per heavy atom. The van der Waals surface area contributed by atoms with Crippen molar-refractivity contribution in [1.82, 2.24) is 4.90 Å². The SMILES string of the molecule is CC(=O)[C@H]1CC[C@H]2[C@@H]3CCC4=CC(=O)CC(N(C)C)[C@]4(C)[C@H]3CC[C@]12C. The van der Waals surface area contributed by atoms with Crippen molar-refractivity contribution in [1.29, 1.82) is 0 Å². The van der Waals surface area contributed by atoms with Crippen LogP contribution in [-0.4, -0.2) is 36.6 Å². The molecular formula is C23H35NO2. The van der Waals surface area contributed by atoms with Gasteiger partial charge in [0.25, 0.3) is 0 Å². The summed E-state index contributed by atoms with van der Waals surface area (Å²) in [5, 5.41) is 0. The van der Waals surface area contributed by atoms with Gasteiger partial charge in [0.1, 0.15) is 5.78 Å². The summed E-state index contributed by atoms with van der Waals surface area (Å²) in [6.07, 6.45) is 9.66. The van der Waals surface area contributed by atoms with Crippen molar-refractivity contribution in [3.05, 3.63) is 11.6 Å². The maximum absolute atomic E-state index is 12.3. The van der Waals surface area contributed by atoms with E-state index in [4.69, 9.17) is 0 Å². The predicted molar refractivity (Wildman–Crippen MR) is 104 cm³/mol. The van der Waals surface area contributed by atoms with Crippen molar-refractivity contribution in [2.45, 2.75) is 71.8 Å². The lowest BCUT2D eigenvalue weighted by Crippen LogP contribution is -2.58. The topological polar surface area (TPSA) is 37.4 Å². The molecule has 4 rings (SSSR count). The first-order chi connectivity index (χ1) is 12.2. The predicted octanol–water partition coefficient (Wildman–Crippen LogP) is 4.26. The highest BCUT2D eigenvalue weighted by Gasteiger charge is 2.61. The highest BCUT2D eigenvalue weighted by atomic mass is 16.1. The minimum absolute atomic E-state index is 0.121. The van der Waals surface area contributed by atoms with Gasteiger partial charge in [-0.25, -0.2) is 0 Å². The van der Waals surface area contributed by atoms with Gasteiger partial charge in [0.05, 0.1) is 0 Å². The van der Waals surface area contributed by atoms with Crippen LogP contribution in [0.1, 0.15) is 65.7 Å². The fourth-order valence-corrected chi connectivity index (χ4v) is 8.00. The Kier molecular flexibility index (Phi) is 4.26. The van der Waals surface area contributed by atoms with E-state index in [0.717, 1.165) is 18.8 Å². The maximum atomic E-state index is 12.3. The van der Waals surface area contributed by atoms with Crippen LogP contribution in [0.2, 0.25) is 0 Å². The van der Waals surface area contributed by atoms with E-state index in [9.17, 15) is 9.59 Å². The highest BCUT2D eigenvalue weighted by Crippen LogP contribution is 2.66. The van der Waals surface area contributed by atoms with Crippen molar-refractivity contribution in [2.24, 2.45) is 34.5 Å². The van der Waals surface area contributed by atoms with Crippen molar-refractivity contribution in [3.63, 3.8) is 0 Å². The number of carbonyl (C=O) groups excluding carboxylic acids is 2. The molecule has 0 aliphatic heterocycles. The first kappa shape index (κ1) is 18.4. The number of Topliss-reactive ketones (excluding diaryl/α,β-unsaturated/α-hetero) is 1. The normalized spacial score (nSPS) is 47.8. The van der Waals surface area contributed by atoms with Crippen molar-refractivity contribution < 1.29 is 9.59 Å². The van der Waals surface area contributed by atoms with Crippen LogP contribution in [0.3, 0.4) is 0 Å². The smallest absolute Gasteiger partial charge is 0.157 e. The van der Waals surface area contributed by atoms with Gasteiger partial charge in [-0.05, 0) is 88.8 Å². The Labute approximate surface area is 158 Å². The molecule has 0 aromatic heterocycles. The van der Waals surface area contributed by atoms with E-state index in [2.05, 4.69) is 32.8 Å². The van der Waals surface area contributed by atoms with Crippen LogP contribution in [0, 0.1) is 34.5 Å². The van der Waals surface area contributed by atoms with Gasteiger partial charge >= 0.3 is 0 Å². The van der Waals surface area contributed by atoms with E-state index in [1.807, 2.05) is 13.0 Å². The van der Waals surface area contributed by atoms with E-state index in [1.54, 1.807) is 0 Å². The molecule has 0 saturated heterocycles. The van der Waals surface area contributed by atoms with Gasteiger partial charge in [-0.15, -0.1) is 0 Å². The second-order valence-corrected chi connectivity index (χ2v) is 10.3. The zero-order valence-corrected chi connectivity index (χ0v) is 17.2. The summed E-state index contributed by atoms with van der Waals surface area (Å²) >= 11 is 0. The number of hydrogen-bond donors (Lipinski definition) is 0. The van der Waals surface area contributed by atoms with Gasteiger partial charge in [0.2, 0.25) is 0 Å². The average molecular weight is 358 g/mol. The zero-order valence-electron chi connectivity index (χ0n) is 17.2. The second-order valence-electron chi connectivity index (χ2n) is 10.3. The molecular weight excluding hydrogens is 322 g/mol. The molecule has 0 spiro atoms. The number of rotatable bonds is 2. The van der Waals surface area contributed by atoms with Crippen LogP contribution in [0.5, 0.6) is 0 Å². The van der Waals surface area contributed by atoms with Gasteiger partial charge in [-0.1, -0.05) is 19.4 Å². The largest absolute Gasteiger partial charge is 0.305 e. The molecule has 26 heavy (non-hydrogen) atoms. The Balaban J connectivity index is 1.72. The third kappa shape index (κ3) is 2.35. The van der Waals surface area contributed by atoms with E-state index < -0.39 is 0 Å². The van der Waals surface area contributed by atoms with Gasteiger partial charge in [-0.2, -0.15) is 0 Å². The summed E-state index contributed by atoms with van der Waals surface area (Å²) in [7, 11) is 4.29. The molecule has 0 N–H and O–H groups in total. The number of fused-ring (bicyclic) bond motifs is 5. The van der Waals surface area contributed by atoms with Gasteiger partial charge in [0.15, 0.2) is 5.78 Å². The van der Waals surface area contributed by atoms with Crippen LogP contribution >= 0.6 is 0 Å². The summed E-state index contributed by atoms with van der Waals surface area (Å²) in [5.41, 5.74) is 1.75. The number of nitrogens with zero attached hydrogens (tertiary/aromatic N) is 1. The molecule has 0 heterocycles. The first-order valence-electron chi connectivity index (χ1n) is 10.6. The van der Waals surface area contributed by atoms with E-state index in [-0.39, 0.29) is 16.7 Å². The van der Waals surface area contributed by atoms with E-state index in [1.165, 1.54) is 31.3 Å². The van der Waals surface area contributed by atoms with Gasteiger partial charge in [0, 0.05) is 23.8 Å². The Morgan fingerprint density at radius 1 is 1.12 bits per heavy atom. The Bertz CT molecular complexity index is 665. The minimum Gasteiger partial charge on any atom is -0.305 e. The van der Waals surface area contributed by atoms with E-state index in [0.29, 0.717) is 35.9 Å². The fourth-order valence-electron chi connectivity index (χ4n) is 8.00. The van der Waals surface area contributed by atoms with Crippen molar-refractivity contribution >= 4 is 11.6 Å². The van der Waals surface area contributed by atoms with Crippen LogP contribution in [0.25, 0.3) is 0 Å². The minimum atomic E-state index is 0.121. The lowest BCUT2D eigenvalue weighted by Gasteiger charge is -2.61. The van der Waals surface area contributed by atoms with Crippen LogP contribution in [0.4, 0.5) is 0 Å². The molecule has 3 saturated carbocycles. The van der Waals surface area contributed by atoms with E-state index >= 15 is 0 Å². The van der Waals surface area contributed by atoms with Crippen LogP contribution in [0.15, 0.2) is 11.6 Å². The van der Waals surface area contributed by atoms with Crippen molar-refractivity contribution in [2.75, 3.05) is 14.1 Å². The summed E-state index contributed by atoms with van der Waals surface area (Å²) in [4.78, 5) is 26.9. The molecule has 3 nitrogen and oxygen atoms in total. The summed E-state index contributed by atoms with van der Waals surface area (Å²) in [6, 6.07) is 0.317. The third-order valence-corrected chi connectivity index (χ3v) is 9.18. The highest BCUT2D eigenvalue weighted by molar-refractivity contribution is 5.92. The molecule has 3 heteroatoms. The molecule has 0 amide bonds. The lowest BCUT2D eigenvalue weighted by molar-refractivity contribution is -0.130.